The molecule has 0 spiro atoms. The standard InChI is InChI=1S/C8H6ClNO2/c1-11-8-10-7-5(9)3-2-4-6(7)12-8/h2-4H,1H3. The Labute approximate surface area is 73.9 Å². The highest BCUT2D eigenvalue weighted by Gasteiger charge is 2.07. The summed E-state index contributed by atoms with van der Waals surface area (Å²) < 4.78 is 10.00. The lowest BCUT2D eigenvalue weighted by Gasteiger charge is -1.86. The van der Waals surface area contributed by atoms with Crippen molar-refractivity contribution in [2.45, 2.75) is 0 Å². The van der Waals surface area contributed by atoms with Gasteiger partial charge < -0.3 is 9.15 Å². The van der Waals surface area contributed by atoms with Crippen LogP contribution in [0.4, 0.5) is 0 Å². The summed E-state index contributed by atoms with van der Waals surface area (Å²) in [5, 5.41) is 0.569. The lowest BCUT2D eigenvalue weighted by Crippen LogP contribution is -1.79. The zero-order valence-corrected chi connectivity index (χ0v) is 7.13. The summed E-state index contributed by atoms with van der Waals surface area (Å²) in [6, 6.07) is 5.35. The molecule has 0 radical (unpaired) electrons. The van der Waals surface area contributed by atoms with Gasteiger partial charge in [-0.15, -0.1) is 0 Å². The lowest BCUT2D eigenvalue weighted by atomic mass is 10.3. The molecule has 0 atom stereocenters. The van der Waals surface area contributed by atoms with Gasteiger partial charge in [-0.3, -0.25) is 0 Å². The van der Waals surface area contributed by atoms with Gasteiger partial charge in [0, 0.05) is 0 Å². The van der Waals surface area contributed by atoms with Crippen LogP contribution in [0.15, 0.2) is 22.6 Å². The van der Waals surface area contributed by atoms with Crippen LogP contribution in [0.2, 0.25) is 5.02 Å². The van der Waals surface area contributed by atoms with Crippen molar-refractivity contribution in [1.82, 2.24) is 4.98 Å². The smallest absolute Gasteiger partial charge is 0.394 e. The van der Waals surface area contributed by atoms with Gasteiger partial charge >= 0.3 is 6.08 Å². The predicted octanol–water partition coefficient (Wildman–Crippen LogP) is 2.49. The summed E-state index contributed by atoms with van der Waals surface area (Å²) in [5.41, 5.74) is 1.27. The van der Waals surface area contributed by atoms with Crippen LogP contribution in [0.3, 0.4) is 0 Å². The molecule has 0 saturated carbocycles. The monoisotopic (exact) mass is 183 g/mol. The fourth-order valence-corrected chi connectivity index (χ4v) is 1.19. The Morgan fingerprint density at radius 3 is 3.00 bits per heavy atom. The maximum atomic E-state index is 5.85. The Kier molecular flexibility index (Phi) is 1.66. The number of halogens is 1. The Morgan fingerprint density at radius 1 is 1.50 bits per heavy atom. The summed E-state index contributed by atoms with van der Waals surface area (Å²) in [7, 11) is 1.50. The third-order valence-corrected chi connectivity index (χ3v) is 1.83. The summed E-state index contributed by atoms with van der Waals surface area (Å²) >= 11 is 5.85. The van der Waals surface area contributed by atoms with Gasteiger partial charge in [0.05, 0.1) is 12.1 Å². The fourth-order valence-electron chi connectivity index (χ4n) is 0.982. The van der Waals surface area contributed by atoms with Crippen LogP contribution in [0.25, 0.3) is 11.1 Å². The maximum absolute atomic E-state index is 5.85. The Hall–Kier alpha value is -1.22. The second kappa shape index (κ2) is 2.68. The lowest BCUT2D eigenvalue weighted by molar-refractivity contribution is 0.299. The number of rotatable bonds is 1. The van der Waals surface area contributed by atoms with Crippen molar-refractivity contribution in [2.75, 3.05) is 7.11 Å². The molecule has 0 aliphatic carbocycles. The first-order chi connectivity index (χ1) is 5.81. The first kappa shape index (κ1) is 7.43. The van der Waals surface area contributed by atoms with Gasteiger partial charge in [0.2, 0.25) is 0 Å². The number of para-hydroxylation sites is 1. The molecule has 62 valence electrons. The van der Waals surface area contributed by atoms with E-state index in [1.54, 1.807) is 18.2 Å². The van der Waals surface area contributed by atoms with Crippen LogP contribution in [-0.2, 0) is 0 Å². The van der Waals surface area contributed by atoms with Crippen LogP contribution in [0, 0.1) is 0 Å². The van der Waals surface area contributed by atoms with E-state index in [9.17, 15) is 0 Å². The molecule has 3 nitrogen and oxygen atoms in total. The van der Waals surface area contributed by atoms with Crippen LogP contribution in [0.5, 0.6) is 6.08 Å². The van der Waals surface area contributed by atoms with Crippen molar-refractivity contribution in [2.24, 2.45) is 0 Å². The molecule has 1 aromatic heterocycles. The summed E-state index contributed by atoms with van der Waals surface area (Å²) in [5.74, 6) is 0. The molecule has 12 heavy (non-hydrogen) atoms. The maximum Gasteiger partial charge on any atom is 0.394 e. The number of ether oxygens (including phenoxy) is 1. The Balaban J connectivity index is 2.74. The van der Waals surface area contributed by atoms with Gasteiger partial charge in [0.25, 0.3) is 0 Å². The number of benzene rings is 1. The molecule has 0 unspecified atom stereocenters. The summed E-state index contributed by atoms with van der Waals surface area (Å²) in [4.78, 5) is 4.01. The molecular formula is C8H6ClNO2. The molecule has 0 bridgehead atoms. The van der Waals surface area contributed by atoms with Crippen LogP contribution in [-0.4, -0.2) is 12.1 Å². The Bertz CT molecular complexity index is 410. The van der Waals surface area contributed by atoms with E-state index in [-0.39, 0.29) is 6.08 Å². The number of nitrogens with zero attached hydrogens (tertiary/aromatic N) is 1. The minimum Gasteiger partial charge on any atom is -0.453 e. The van der Waals surface area contributed by atoms with Gasteiger partial charge in [-0.25, -0.2) is 0 Å². The van der Waals surface area contributed by atoms with Gasteiger partial charge in [-0.2, -0.15) is 4.98 Å². The molecule has 4 heteroatoms. The number of hydrogen-bond acceptors (Lipinski definition) is 3. The number of aromatic nitrogens is 1. The first-order valence-corrected chi connectivity index (χ1v) is 3.78. The molecule has 1 heterocycles. The topological polar surface area (TPSA) is 35.3 Å². The van der Waals surface area contributed by atoms with Crippen LogP contribution >= 0.6 is 11.6 Å². The molecule has 2 aromatic rings. The molecule has 1 aromatic carbocycles. The minimum absolute atomic E-state index is 0.234. The third kappa shape index (κ3) is 1.02. The Morgan fingerprint density at radius 2 is 2.33 bits per heavy atom. The van der Waals surface area contributed by atoms with Gasteiger partial charge in [-0.05, 0) is 12.1 Å². The van der Waals surface area contributed by atoms with Gasteiger partial charge in [-0.1, -0.05) is 17.7 Å². The molecule has 0 N–H and O–H groups in total. The van der Waals surface area contributed by atoms with Crippen molar-refractivity contribution in [3.63, 3.8) is 0 Å². The highest BCUT2D eigenvalue weighted by molar-refractivity contribution is 6.34. The molecule has 0 fully saturated rings. The van der Waals surface area contributed by atoms with Crippen molar-refractivity contribution in [1.29, 1.82) is 0 Å². The van der Waals surface area contributed by atoms with Crippen LogP contribution in [0.1, 0.15) is 0 Å². The van der Waals surface area contributed by atoms with E-state index >= 15 is 0 Å². The van der Waals surface area contributed by atoms with Crippen molar-refractivity contribution < 1.29 is 9.15 Å². The highest BCUT2D eigenvalue weighted by atomic mass is 35.5. The molecule has 0 amide bonds. The molecule has 0 aliphatic heterocycles. The second-order valence-corrected chi connectivity index (χ2v) is 2.68. The minimum atomic E-state index is 0.234. The average molecular weight is 184 g/mol. The van der Waals surface area contributed by atoms with Crippen LogP contribution < -0.4 is 4.74 Å². The van der Waals surface area contributed by atoms with Gasteiger partial charge in [0.1, 0.15) is 5.52 Å². The summed E-state index contributed by atoms with van der Waals surface area (Å²) in [6.45, 7) is 0. The number of hydrogen-bond donors (Lipinski definition) is 0. The van der Waals surface area contributed by atoms with E-state index in [0.717, 1.165) is 0 Å². The van der Waals surface area contributed by atoms with Crippen molar-refractivity contribution >= 4 is 22.7 Å². The average Bonchev–Trinajstić information content (AvgIpc) is 2.49. The van der Waals surface area contributed by atoms with E-state index in [1.807, 2.05) is 0 Å². The molecule has 0 aliphatic rings. The predicted molar refractivity (Wildman–Crippen MR) is 45.6 cm³/mol. The quantitative estimate of drug-likeness (QED) is 0.682. The fraction of sp³-hybridized carbons (Fsp3) is 0.125. The highest BCUT2D eigenvalue weighted by Crippen LogP contribution is 2.25. The first-order valence-electron chi connectivity index (χ1n) is 3.40. The number of methoxy groups -OCH3 is 1. The van der Waals surface area contributed by atoms with Crippen molar-refractivity contribution in [3.05, 3.63) is 23.2 Å². The van der Waals surface area contributed by atoms with E-state index in [2.05, 4.69) is 4.98 Å². The van der Waals surface area contributed by atoms with E-state index in [0.29, 0.717) is 16.1 Å². The zero-order valence-electron chi connectivity index (χ0n) is 6.37. The number of fused-ring (bicyclic) bond motifs is 1. The third-order valence-electron chi connectivity index (χ3n) is 1.52. The van der Waals surface area contributed by atoms with E-state index < -0.39 is 0 Å². The van der Waals surface area contributed by atoms with Gasteiger partial charge in [0.15, 0.2) is 5.58 Å². The molecule has 0 saturated heterocycles. The largest absolute Gasteiger partial charge is 0.453 e. The zero-order chi connectivity index (χ0) is 8.55. The van der Waals surface area contributed by atoms with E-state index in [4.69, 9.17) is 20.8 Å². The number of oxazole rings is 1. The second-order valence-electron chi connectivity index (χ2n) is 2.27. The summed E-state index contributed by atoms with van der Waals surface area (Å²) in [6.07, 6.45) is 0.234. The van der Waals surface area contributed by atoms with Crippen molar-refractivity contribution in [3.8, 4) is 6.08 Å². The SMILES string of the molecule is COc1nc2c(Cl)cccc2o1. The molecular weight excluding hydrogens is 178 g/mol. The molecule has 2 rings (SSSR count). The van der Waals surface area contributed by atoms with E-state index in [1.165, 1.54) is 7.11 Å². The normalized spacial score (nSPS) is 10.5.